The van der Waals surface area contributed by atoms with Gasteiger partial charge in [0.2, 0.25) is 0 Å². The van der Waals surface area contributed by atoms with E-state index in [0.717, 1.165) is 66.3 Å². The zero-order valence-corrected chi connectivity index (χ0v) is 22.5. The summed E-state index contributed by atoms with van der Waals surface area (Å²) in [5, 5.41) is 1.96. The van der Waals surface area contributed by atoms with Crippen molar-refractivity contribution in [2.45, 2.75) is 0 Å². The van der Waals surface area contributed by atoms with Gasteiger partial charge in [0.25, 0.3) is 0 Å². The number of halogens is 4. The lowest BCUT2D eigenvalue weighted by molar-refractivity contribution is 0.627. The van der Waals surface area contributed by atoms with E-state index >= 15 is 0 Å². The molecule has 1 heterocycles. The van der Waals surface area contributed by atoms with Crippen LogP contribution in [0, 0.1) is 23.3 Å². The van der Waals surface area contributed by atoms with Crippen LogP contribution < -0.4 is 0 Å². The van der Waals surface area contributed by atoms with Crippen molar-refractivity contribution in [3.8, 4) is 44.5 Å². The standard InChI is InChI=1S/C37H23F4N/c1-42-36-20-32(24-6-14-28(40)15-7-24)30(22-2-10-26(38)11-3-22)18-34(36)35-19-31(23-4-12-27(39)13-5-23)33(21-37(35)42)25-8-16-29(41)17-9-25/h2-21H,1H3. The van der Waals surface area contributed by atoms with Crippen LogP contribution >= 0.6 is 0 Å². The molecule has 0 aliphatic rings. The fourth-order valence-electron chi connectivity index (χ4n) is 5.77. The second kappa shape index (κ2) is 10.0. The molecule has 0 amide bonds. The van der Waals surface area contributed by atoms with E-state index in [9.17, 15) is 17.6 Å². The Bertz CT molecular complexity index is 1940. The number of aromatic nitrogens is 1. The Kier molecular flexibility index (Phi) is 6.16. The van der Waals surface area contributed by atoms with Crippen LogP contribution in [0.5, 0.6) is 0 Å². The van der Waals surface area contributed by atoms with Gasteiger partial charge in [-0.15, -0.1) is 0 Å². The van der Waals surface area contributed by atoms with E-state index < -0.39 is 0 Å². The molecular weight excluding hydrogens is 534 g/mol. The second-order valence-electron chi connectivity index (χ2n) is 10.4. The molecule has 5 heteroatoms. The summed E-state index contributed by atoms with van der Waals surface area (Å²) < 4.78 is 57.5. The molecule has 0 bridgehead atoms. The predicted octanol–water partition coefficient (Wildman–Crippen LogP) is 10.6. The lowest BCUT2D eigenvalue weighted by Gasteiger charge is -2.13. The van der Waals surface area contributed by atoms with E-state index in [-0.39, 0.29) is 23.3 Å². The van der Waals surface area contributed by atoms with Crippen LogP contribution in [0.15, 0.2) is 121 Å². The van der Waals surface area contributed by atoms with Gasteiger partial charge in [-0.1, -0.05) is 48.5 Å². The van der Waals surface area contributed by atoms with E-state index in [1.807, 2.05) is 7.05 Å². The zero-order valence-electron chi connectivity index (χ0n) is 22.5. The third kappa shape index (κ3) is 4.44. The van der Waals surface area contributed by atoms with Crippen molar-refractivity contribution < 1.29 is 17.6 Å². The quantitative estimate of drug-likeness (QED) is 0.190. The predicted molar refractivity (Wildman–Crippen MR) is 162 cm³/mol. The number of nitrogens with zero attached hydrogens (tertiary/aromatic N) is 1. The molecule has 0 saturated carbocycles. The van der Waals surface area contributed by atoms with Crippen LogP contribution in [0.4, 0.5) is 17.6 Å². The van der Waals surface area contributed by atoms with Gasteiger partial charge in [-0.05, 0) is 117 Å². The van der Waals surface area contributed by atoms with Gasteiger partial charge >= 0.3 is 0 Å². The molecule has 0 spiro atoms. The second-order valence-corrected chi connectivity index (χ2v) is 10.4. The first-order chi connectivity index (χ1) is 20.4. The monoisotopic (exact) mass is 557 g/mol. The smallest absolute Gasteiger partial charge is 0.123 e. The number of aryl methyl sites for hydroxylation is 1. The summed E-state index contributed by atoms with van der Waals surface area (Å²) in [7, 11) is 1.99. The number of fused-ring (bicyclic) bond motifs is 3. The molecular formula is C37H23F4N. The van der Waals surface area contributed by atoms with E-state index in [1.165, 1.54) is 48.5 Å². The van der Waals surface area contributed by atoms with Gasteiger partial charge in [0.1, 0.15) is 23.3 Å². The molecule has 0 aliphatic carbocycles. The zero-order chi connectivity index (χ0) is 29.0. The highest BCUT2D eigenvalue weighted by molar-refractivity contribution is 6.14. The lowest BCUT2D eigenvalue weighted by atomic mass is 9.90. The molecule has 7 rings (SSSR count). The summed E-state index contributed by atoms with van der Waals surface area (Å²) in [5.41, 5.74) is 8.78. The van der Waals surface area contributed by atoms with Crippen molar-refractivity contribution in [1.29, 1.82) is 0 Å². The third-order valence-electron chi connectivity index (χ3n) is 7.91. The topological polar surface area (TPSA) is 4.93 Å². The number of benzene rings is 6. The largest absolute Gasteiger partial charge is 0.344 e. The highest BCUT2D eigenvalue weighted by atomic mass is 19.1. The highest BCUT2D eigenvalue weighted by Gasteiger charge is 2.19. The van der Waals surface area contributed by atoms with Crippen LogP contribution in [-0.4, -0.2) is 4.57 Å². The summed E-state index contributed by atoms with van der Waals surface area (Å²) in [6.07, 6.45) is 0. The van der Waals surface area contributed by atoms with Crippen molar-refractivity contribution in [2.75, 3.05) is 0 Å². The first-order valence-electron chi connectivity index (χ1n) is 13.5. The fraction of sp³-hybridized carbons (Fsp3) is 0.0270. The molecule has 0 atom stereocenters. The van der Waals surface area contributed by atoms with Crippen LogP contribution in [0.2, 0.25) is 0 Å². The SMILES string of the molecule is Cn1c2cc(-c3ccc(F)cc3)c(-c3ccc(F)cc3)cc2c2cc(-c3ccc(F)cc3)c(-c3ccc(F)cc3)cc21. The van der Waals surface area contributed by atoms with Crippen molar-refractivity contribution in [1.82, 2.24) is 4.57 Å². The van der Waals surface area contributed by atoms with E-state index in [1.54, 1.807) is 48.5 Å². The molecule has 0 radical (unpaired) electrons. The number of hydrogen-bond acceptors (Lipinski definition) is 0. The summed E-state index contributed by atoms with van der Waals surface area (Å²) in [4.78, 5) is 0. The van der Waals surface area contributed by atoms with Crippen LogP contribution in [0.1, 0.15) is 0 Å². The molecule has 0 N–H and O–H groups in total. The fourth-order valence-corrected chi connectivity index (χ4v) is 5.77. The van der Waals surface area contributed by atoms with Crippen LogP contribution in [-0.2, 0) is 7.05 Å². The maximum absolute atomic E-state index is 13.9. The molecule has 42 heavy (non-hydrogen) atoms. The Hall–Kier alpha value is -5.16. The van der Waals surface area contributed by atoms with Crippen LogP contribution in [0.25, 0.3) is 66.3 Å². The van der Waals surface area contributed by atoms with Crippen LogP contribution in [0.3, 0.4) is 0 Å². The van der Waals surface area contributed by atoms with Crippen molar-refractivity contribution in [3.63, 3.8) is 0 Å². The Balaban J connectivity index is 1.56. The maximum Gasteiger partial charge on any atom is 0.123 e. The Labute approximate surface area is 239 Å². The molecule has 0 unspecified atom stereocenters. The van der Waals surface area contributed by atoms with Gasteiger partial charge in [-0.2, -0.15) is 0 Å². The molecule has 0 fully saturated rings. The summed E-state index contributed by atoms with van der Waals surface area (Å²) in [6, 6.07) is 33.7. The van der Waals surface area contributed by atoms with Gasteiger partial charge in [-0.25, -0.2) is 17.6 Å². The van der Waals surface area contributed by atoms with Crippen molar-refractivity contribution >= 4 is 21.8 Å². The third-order valence-corrected chi connectivity index (χ3v) is 7.91. The minimum atomic E-state index is -0.328. The number of rotatable bonds is 4. The summed E-state index contributed by atoms with van der Waals surface area (Å²) >= 11 is 0. The molecule has 1 nitrogen and oxygen atoms in total. The Morgan fingerprint density at radius 3 is 0.857 bits per heavy atom. The average molecular weight is 558 g/mol. The first kappa shape index (κ1) is 25.8. The molecule has 204 valence electrons. The summed E-state index contributed by atoms with van der Waals surface area (Å²) in [6.45, 7) is 0. The van der Waals surface area contributed by atoms with Crippen molar-refractivity contribution in [2.24, 2.45) is 7.05 Å². The van der Waals surface area contributed by atoms with E-state index in [4.69, 9.17) is 0 Å². The molecule has 1 aromatic heterocycles. The average Bonchev–Trinajstić information content (AvgIpc) is 3.27. The van der Waals surface area contributed by atoms with Gasteiger partial charge < -0.3 is 4.57 Å². The minimum absolute atomic E-state index is 0.325. The van der Waals surface area contributed by atoms with Gasteiger partial charge in [-0.3, -0.25) is 0 Å². The van der Waals surface area contributed by atoms with E-state index in [2.05, 4.69) is 28.8 Å². The van der Waals surface area contributed by atoms with Crippen molar-refractivity contribution in [3.05, 3.63) is 145 Å². The minimum Gasteiger partial charge on any atom is -0.344 e. The maximum atomic E-state index is 13.9. The van der Waals surface area contributed by atoms with Gasteiger partial charge in [0.05, 0.1) is 0 Å². The first-order valence-corrected chi connectivity index (χ1v) is 13.5. The van der Waals surface area contributed by atoms with E-state index in [0.29, 0.717) is 0 Å². The van der Waals surface area contributed by atoms with Gasteiger partial charge in [0, 0.05) is 28.9 Å². The highest BCUT2D eigenvalue weighted by Crippen LogP contribution is 2.43. The molecule has 0 aliphatic heterocycles. The Morgan fingerprint density at radius 1 is 0.357 bits per heavy atom. The van der Waals surface area contributed by atoms with Gasteiger partial charge in [0.15, 0.2) is 0 Å². The Morgan fingerprint density at radius 2 is 0.595 bits per heavy atom. The summed E-state index contributed by atoms with van der Waals surface area (Å²) in [5.74, 6) is -1.31. The lowest BCUT2D eigenvalue weighted by Crippen LogP contribution is -1.91. The molecule has 7 aromatic rings. The molecule has 0 saturated heterocycles. The molecule has 6 aromatic carbocycles. The number of hydrogen-bond donors (Lipinski definition) is 0. The normalized spacial score (nSPS) is 11.5.